The van der Waals surface area contributed by atoms with E-state index in [1.807, 2.05) is 7.05 Å². The van der Waals surface area contributed by atoms with Gasteiger partial charge in [-0.15, -0.1) is 0 Å². The molecule has 21 heavy (non-hydrogen) atoms. The summed E-state index contributed by atoms with van der Waals surface area (Å²) in [5.41, 5.74) is 5.47. The summed E-state index contributed by atoms with van der Waals surface area (Å²) < 4.78 is 40.8. The van der Waals surface area contributed by atoms with E-state index in [0.29, 0.717) is 12.6 Å². The van der Waals surface area contributed by atoms with Crippen LogP contribution in [0.25, 0.3) is 0 Å². The van der Waals surface area contributed by atoms with Gasteiger partial charge in [-0.1, -0.05) is 11.6 Å². The van der Waals surface area contributed by atoms with E-state index < -0.39 is 20.7 Å². The van der Waals surface area contributed by atoms with Crippen molar-refractivity contribution in [1.82, 2.24) is 9.62 Å². The molecule has 8 heteroatoms. The van der Waals surface area contributed by atoms with Gasteiger partial charge in [0.15, 0.2) is 0 Å². The second-order valence-electron chi connectivity index (χ2n) is 5.19. The van der Waals surface area contributed by atoms with Crippen LogP contribution < -0.4 is 10.5 Å². The Balaban J connectivity index is 2.09. The Bertz CT molecular complexity index is 620. The zero-order valence-electron chi connectivity index (χ0n) is 11.8. The number of halogens is 2. The zero-order valence-corrected chi connectivity index (χ0v) is 13.3. The molecule has 1 aliphatic carbocycles. The lowest BCUT2D eigenvalue weighted by Gasteiger charge is -2.16. The van der Waals surface area contributed by atoms with E-state index in [4.69, 9.17) is 17.3 Å². The number of nitrogens with zero attached hydrogens (tertiary/aromatic N) is 1. The highest BCUT2D eigenvalue weighted by atomic mass is 35.5. The van der Waals surface area contributed by atoms with E-state index in [1.54, 1.807) is 0 Å². The minimum absolute atomic E-state index is 0.0815. The molecule has 0 atom stereocenters. The second kappa shape index (κ2) is 6.58. The Morgan fingerprint density at radius 2 is 2.14 bits per heavy atom. The molecule has 1 aromatic carbocycles. The molecule has 0 bridgehead atoms. The van der Waals surface area contributed by atoms with Crippen LogP contribution in [-0.2, 0) is 16.6 Å². The van der Waals surface area contributed by atoms with Gasteiger partial charge >= 0.3 is 0 Å². The molecule has 0 aromatic heterocycles. The van der Waals surface area contributed by atoms with Crippen molar-refractivity contribution >= 4 is 21.6 Å². The van der Waals surface area contributed by atoms with E-state index in [2.05, 4.69) is 9.62 Å². The molecule has 0 aliphatic heterocycles. The number of benzene rings is 1. The van der Waals surface area contributed by atoms with Crippen LogP contribution in [0.4, 0.5) is 4.39 Å². The van der Waals surface area contributed by atoms with Crippen LogP contribution in [0, 0.1) is 5.82 Å². The maximum atomic E-state index is 14.1. The number of nitrogens with two attached hydrogens (primary N) is 1. The van der Waals surface area contributed by atoms with E-state index >= 15 is 0 Å². The van der Waals surface area contributed by atoms with Crippen molar-refractivity contribution in [2.45, 2.75) is 30.3 Å². The highest BCUT2D eigenvalue weighted by molar-refractivity contribution is 7.89. The molecular weight excluding hydrogens is 317 g/mol. The van der Waals surface area contributed by atoms with Crippen molar-refractivity contribution in [3.8, 4) is 0 Å². The van der Waals surface area contributed by atoms with Gasteiger partial charge in [0.2, 0.25) is 10.0 Å². The average molecular weight is 336 g/mol. The lowest BCUT2D eigenvalue weighted by Crippen LogP contribution is -2.34. The van der Waals surface area contributed by atoms with Gasteiger partial charge in [-0.3, -0.25) is 0 Å². The highest BCUT2D eigenvalue weighted by Gasteiger charge is 2.26. The van der Waals surface area contributed by atoms with Crippen LogP contribution in [0.1, 0.15) is 18.4 Å². The minimum Gasteiger partial charge on any atom is -0.326 e. The van der Waals surface area contributed by atoms with E-state index in [-0.39, 0.29) is 23.7 Å². The zero-order chi connectivity index (χ0) is 15.6. The molecule has 0 radical (unpaired) electrons. The summed E-state index contributed by atoms with van der Waals surface area (Å²) in [7, 11) is -2.00. The summed E-state index contributed by atoms with van der Waals surface area (Å²) in [5, 5.41) is 0.146. The first-order chi connectivity index (χ1) is 9.85. The van der Waals surface area contributed by atoms with Crippen LogP contribution in [-0.4, -0.2) is 39.5 Å². The molecule has 0 amide bonds. The third-order valence-electron chi connectivity index (χ3n) is 3.52. The molecular formula is C13H19ClFN3O2S. The van der Waals surface area contributed by atoms with E-state index in [0.717, 1.165) is 18.9 Å². The summed E-state index contributed by atoms with van der Waals surface area (Å²) in [6.07, 6.45) is 2.29. The summed E-state index contributed by atoms with van der Waals surface area (Å²) in [6.45, 7) is 0.689. The first-order valence-electron chi connectivity index (χ1n) is 6.73. The predicted octanol–water partition coefficient (Wildman–Crippen LogP) is 1.31. The van der Waals surface area contributed by atoms with Gasteiger partial charge in [0.05, 0.1) is 0 Å². The summed E-state index contributed by atoms with van der Waals surface area (Å²) in [4.78, 5) is 1.63. The van der Waals surface area contributed by atoms with Gasteiger partial charge in [0.25, 0.3) is 0 Å². The lowest BCUT2D eigenvalue weighted by atomic mass is 10.2. The fourth-order valence-electron chi connectivity index (χ4n) is 2.09. The fraction of sp³-hybridized carbons (Fsp3) is 0.538. The molecule has 5 nitrogen and oxygen atoms in total. The third kappa shape index (κ3) is 4.14. The number of nitrogens with one attached hydrogen (secondary N) is 1. The van der Waals surface area contributed by atoms with Gasteiger partial charge in [-0.05, 0) is 32.0 Å². The quantitative estimate of drug-likeness (QED) is 0.788. The van der Waals surface area contributed by atoms with Crippen molar-refractivity contribution < 1.29 is 12.8 Å². The molecule has 0 heterocycles. The molecule has 2 rings (SSSR count). The van der Waals surface area contributed by atoms with Gasteiger partial charge < -0.3 is 10.6 Å². The first-order valence-corrected chi connectivity index (χ1v) is 8.59. The molecule has 118 valence electrons. The van der Waals surface area contributed by atoms with Crippen LogP contribution in [0.5, 0.6) is 0 Å². The maximum Gasteiger partial charge on any atom is 0.243 e. The van der Waals surface area contributed by atoms with Gasteiger partial charge in [0.1, 0.15) is 10.7 Å². The third-order valence-corrected chi connectivity index (χ3v) is 5.19. The Labute approximate surface area is 129 Å². The van der Waals surface area contributed by atoms with Crippen molar-refractivity contribution in [2.75, 3.05) is 20.1 Å². The van der Waals surface area contributed by atoms with Crippen LogP contribution in [0.2, 0.25) is 5.02 Å². The van der Waals surface area contributed by atoms with Gasteiger partial charge in [-0.25, -0.2) is 17.5 Å². The topological polar surface area (TPSA) is 75.4 Å². The second-order valence-corrected chi connectivity index (χ2v) is 7.36. The molecule has 1 fully saturated rings. The number of likely N-dealkylation sites (N-methyl/N-ethyl adjacent to an activating group) is 1. The number of rotatable bonds is 7. The van der Waals surface area contributed by atoms with E-state index in [1.165, 1.54) is 6.07 Å². The van der Waals surface area contributed by atoms with Crippen molar-refractivity contribution in [3.63, 3.8) is 0 Å². The lowest BCUT2D eigenvalue weighted by molar-refractivity contribution is 0.329. The van der Waals surface area contributed by atoms with Crippen molar-refractivity contribution in [3.05, 3.63) is 28.5 Å². The average Bonchev–Trinajstić information content (AvgIpc) is 3.24. The predicted molar refractivity (Wildman–Crippen MR) is 80.1 cm³/mol. The molecule has 1 aromatic rings. The minimum atomic E-state index is -3.94. The Morgan fingerprint density at radius 1 is 1.48 bits per heavy atom. The Kier molecular flexibility index (Phi) is 5.21. The molecule has 3 N–H and O–H groups in total. The van der Waals surface area contributed by atoms with E-state index in [9.17, 15) is 12.8 Å². The number of sulfonamides is 1. The molecule has 0 spiro atoms. The molecule has 1 saturated carbocycles. The van der Waals surface area contributed by atoms with Gasteiger partial charge in [-0.2, -0.15) is 0 Å². The summed E-state index contributed by atoms with van der Waals surface area (Å²) in [6, 6.07) is 2.97. The van der Waals surface area contributed by atoms with Gasteiger partial charge in [0, 0.05) is 36.3 Å². The van der Waals surface area contributed by atoms with Crippen LogP contribution in [0.15, 0.2) is 17.0 Å². The molecule has 0 saturated heterocycles. The summed E-state index contributed by atoms with van der Waals surface area (Å²) >= 11 is 5.82. The molecule has 1 aliphatic rings. The SMILES string of the molecule is CN(CCNS(=O)(=O)c1cc(Cl)cc(CN)c1F)C1CC1. The monoisotopic (exact) mass is 335 g/mol. The number of hydrogen-bond donors (Lipinski definition) is 2. The Hall–Kier alpha value is -0.730. The highest BCUT2D eigenvalue weighted by Crippen LogP contribution is 2.25. The van der Waals surface area contributed by atoms with Crippen LogP contribution in [0.3, 0.4) is 0 Å². The normalized spacial score (nSPS) is 15.7. The smallest absolute Gasteiger partial charge is 0.243 e. The van der Waals surface area contributed by atoms with Crippen molar-refractivity contribution in [1.29, 1.82) is 0 Å². The largest absolute Gasteiger partial charge is 0.326 e. The first kappa shape index (κ1) is 16.6. The standard InChI is InChI=1S/C13H19ClFN3O2S/c1-18(11-2-3-11)5-4-17-21(19,20)12-7-10(14)6-9(8-16)13(12)15/h6-7,11,17H,2-5,8,16H2,1H3. The van der Waals surface area contributed by atoms with Crippen molar-refractivity contribution in [2.24, 2.45) is 5.73 Å². The maximum absolute atomic E-state index is 14.1. The Morgan fingerprint density at radius 3 is 2.71 bits per heavy atom. The summed E-state index contributed by atoms with van der Waals surface area (Å²) in [5.74, 6) is -0.843. The van der Waals surface area contributed by atoms with Crippen LogP contribution >= 0.6 is 11.6 Å². The molecule has 0 unspecified atom stereocenters. The fourth-order valence-corrected chi connectivity index (χ4v) is 3.56. The number of hydrogen-bond acceptors (Lipinski definition) is 4.